The smallest absolute Gasteiger partial charge is 0.339 e. The average Bonchev–Trinajstić information content (AvgIpc) is 1.72. The SMILES string of the molecule is [B]1N=CCCN1. The molecule has 0 spiro atoms. The van der Waals surface area contributed by atoms with E-state index in [4.69, 9.17) is 0 Å². The van der Waals surface area contributed by atoms with Gasteiger partial charge in [0.15, 0.2) is 0 Å². The molecule has 0 amide bonds. The second-order valence-corrected chi connectivity index (χ2v) is 1.20. The molecule has 0 aliphatic carbocycles. The lowest BCUT2D eigenvalue weighted by molar-refractivity contribution is 0.933. The molecule has 2 nitrogen and oxygen atoms in total. The summed E-state index contributed by atoms with van der Waals surface area (Å²) in [7, 11) is 1.71. The molecule has 0 aromatic heterocycles. The first-order chi connectivity index (χ1) is 3.00. The first-order valence-corrected chi connectivity index (χ1v) is 2.07. The van der Waals surface area contributed by atoms with Crippen LogP contribution in [0.25, 0.3) is 0 Å². The molecule has 1 heterocycles. The van der Waals surface area contributed by atoms with Crippen molar-refractivity contribution in [1.29, 1.82) is 0 Å². The van der Waals surface area contributed by atoms with Gasteiger partial charge in [-0.3, -0.25) is 0 Å². The Labute approximate surface area is 37.9 Å². The van der Waals surface area contributed by atoms with E-state index >= 15 is 0 Å². The molecule has 0 saturated carbocycles. The maximum atomic E-state index is 3.82. The van der Waals surface area contributed by atoms with Gasteiger partial charge in [-0.2, -0.15) is 0 Å². The lowest BCUT2D eigenvalue weighted by atomic mass is 10.1. The number of nitrogens with zero attached hydrogens (tertiary/aromatic N) is 1. The van der Waals surface area contributed by atoms with Gasteiger partial charge < -0.3 is 10.1 Å². The quantitative estimate of drug-likeness (QED) is 0.393. The van der Waals surface area contributed by atoms with Crippen molar-refractivity contribution in [2.24, 2.45) is 4.90 Å². The van der Waals surface area contributed by atoms with Crippen LogP contribution in [0.5, 0.6) is 0 Å². The van der Waals surface area contributed by atoms with E-state index in [0.29, 0.717) is 0 Å². The van der Waals surface area contributed by atoms with Gasteiger partial charge >= 0.3 is 7.55 Å². The minimum absolute atomic E-state index is 1.05. The molecule has 31 valence electrons. The Morgan fingerprint density at radius 2 is 2.83 bits per heavy atom. The zero-order valence-corrected chi connectivity index (χ0v) is 3.52. The topological polar surface area (TPSA) is 24.4 Å². The molecule has 1 radical (unpaired) electrons. The van der Waals surface area contributed by atoms with Crippen LogP contribution in [0.1, 0.15) is 6.42 Å². The third-order valence-corrected chi connectivity index (χ3v) is 0.689. The maximum Gasteiger partial charge on any atom is 0.369 e. The minimum Gasteiger partial charge on any atom is -0.339 e. The highest BCUT2D eigenvalue weighted by Gasteiger charge is 1.89. The van der Waals surface area contributed by atoms with Gasteiger partial charge in [-0.05, 0) is 19.2 Å². The normalized spacial score (nSPS) is 20.0. The van der Waals surface area contributed by atoms with Crippen LogP contribution in [-0.2, 0) is 0 Å². The summed E-state index contributed by atoms with van der Waals surface area (Å²) in [5.41, 5.74) is 0. The van der Waals surface area contributed by atoms with E-state index in [9.17, 15) is 0 Å². The Kier molecular flexibility index (Phi) is 1.27. The molecule has 0 unspecified atom stereocenters. The van der Waals surface area contributed by atoms with Gasteiger partial charge in [0, 0.05) is 0 Å². The Bertz CT molecular complexity index is 53.8. The number of rotatable bonds is 0. The van der Waals surface area contributed by atoms with Crippen LogP contribution in [0.2, 0.25) is 0 Å². The van der Waals surface area contributed by atoms with Crippen LogP contribution in [0, 0.1) is 0 Å². The third kappa shape index (κ3) is 0.827. The molecule has 0 atom stereocenters. The molecule has 6 heavy (non-hydrogen) atoms. The molecule has 0 bridgehead atoms. The van der Waals surface area contributed by atoms with Crippen molar-refractivity contribution in [1.82, 2.24) is 5.23 Å². The molecular weight excluding hydrogens is 74.9 g/mol. The van der Waals surface area contributed by atoms with E-state index in [1.165, 1.54) is 0 Å². The number of hydrogen-bond donors (Lipinski definition) is 1. The van der Waals surface area contributed by atoms with Crippen LogP contribution in [0.15, 0.2) is 4.90 Å². The largest absolute Gasteiger partial charge is 0.369 e. The first-order valence-electron chi connectivity index (χ1n) is 2.07. The van der Waals surface area contributed by atoms with E-state index in [-0.39, 0.29) is 0 Å². The van der Waals surface area contributed by atoms with E-state index in [1.807, 2.05) is 6.21 Å². The Balaban J connectivity index is 2.26. The van der Waals surface area contributed by atoms with Crippen LogP contribution in [-0.4, -0.2) is 20.3 Å². The van der Waals surface area contributed by atoms with Crippen molar-refractivity contribution < 1.29 is 0 Å². The summed E-state index contributed by atoms with van der Waals surface area (Å²) < 4.78 is 0. The van der Waals surface area contributed by atoms with Crippen LogP contribution >= 0.6 is 0 Å². The second kappa shape index (κ2) is 1.98. The average molecular weight is 80.9 g/mol. The number of hydrogen-bond acceptors (Lipinski definition) is 2. The standard InChI is InChI=1S/C3H6BN2/c1-2-5-4-6-3-1/h2,6H,1,3H2. The molecule has 3 heteroatoms. The zero-order chi connectivity index (χ0) is 4.24. The summed E-state index contributed by atoms with van der Waals surface area (Å²) in [4.78, 5) is 3.82. The third-order valence-electron chi connectivity index (χ3n) is 0.689. The van der Waals surface area contributed by atoms with Crippen LogP contribution in [0.3, 0.4) is 0 Å². The van der Waals surface area contributed by atoms with Crippen LogP contribution in [0.4, 0.5) is 0 Å². The van der Waals surface area contributed by atoms with Gasteiger partial charge in [0.05, 0.1) is 0 Å². The Morgan fingerprint density at radius 1 is 1.83 bits per heavy atom. The first kappa shape index (κ1) is 3.87. The summed E-state index contributed by atoms with van der Waals surface area (Å²) in [6.07, 6.45) is 2.97. The van der Waals surface area contributed by atoms with Gasteiger partial charge in [0.25, 0.3) is 0 Å². The monoisotopic (exact) mass is 81.1 g/mol. The van der Waals surface area contributed by atoms with Crippen molar-refractivity contribution in [3.8, 4) is 0 Å². The fraction of sp³-hybridized carbons (Fsp3) is 0.667. The van der Waals surface area contributed by atoms with Crippen molar-refractivity contribution in [2.45, 2.75) is 6.42 Å². The lowest BCUT2D eigenvalue weighted by Gasteiger charge is -1.98. The van der Waals surface area contributed by atoms with Crippen molar-refractivity contribution in [2.75, 3.05) is 6.54 Å². The maximum absolute atomic E-state index is 3.82. The fourth-order valence-corrected chi connectivity index (χ4v) is 0.392. The van der Waals surface area contributed by atoms with Crippen molar-refractivity contribution in [3.05, 3.63) is 0 Å². The molecule has 1 aliphatic heterocycles. The summed E-state index contributed by atoms with van der Waals surface area (Å²) in [6, 6.07) is 0. The molecule has 1 N–H and O–H groups in total. The molecule has 0 fully saturated rings. The van der Waals surface area contributed by atoms with E-state index < -0.39 is 0 Å². The number of nitrogens with one attached hydrogen (secondary N) is 1. The molecule has 1 rings (SSSR count). The van der Waals surface area contributed by atoms with Gasteiger partial charge in [0.2, 0.25) is 0 Å². The van der Waals surface area contributed by atoms with Crippen molar-refractivity contribution >= 4 is 13.8 Å². The molecule has 1 aliphatic rings. The van der Waals surface area contributed by atoms with Crippen molar-refractivity contribution in [3.63, 3.8) is 0 Å². The minimum atomic E-state index is 1.05. The molecule has 0 saturated heterocycles. The summed E-state index contributed by atoms with van der Waals surface area (Å²) in [5, 5.41) is 2.96. The lowest BCUT2D eigenvalue weighted by Crippen LogP contribution is -2.22. The van der Waals surface area contributed by atoms with Gasteiger partial charge in [0.1, 0.15) is 0 Å². The highest BCUT2D eigenvalue weighted by molar-refractivity contribution is 6.32. The van der Waals surface area contributed by atoms with Gasteiger partial charge in [-0.15, -0.1) is 0 Å². The van der Waals surface area contributed by atoms with Gasteiger partial charge in [-0.25, -0.2) is 0 Å². The Hall–Kier alpha value is -0.305. The van der Waals surface area contributed by atoms with E-state index in [2.05, 4.69) is 10.1 Å². The highest BCUT2D eigenvalue weighted by atomic mass is 14.9. The summed E-state index contributed by atoms with van der Waals surface area (Å²) in [6.45, 7) is 1.05. The van der Waals surface area contributed by atoms with E-state index in [1.54, 1.807) is 7.55 Å². The predicted octanol–water partition coefficient (Wildman–Crippen LogP) is -0.415. The predicted molar refractivity (Wildman–Crippen MR) is 26.9 cm³/mol. The zero-order valence-electron chi connectivity index (χ0n) is 3.52. The summed E-state index contributed by atoms with van der Waals surface area (Å²) in [5.74, 6) is 0. The molecule has 0 aromatic carbocycles. The fourth-order valence-electron chi connectivity index (χ4n) is 0.392. The van der Waals surface area contributed by atoms with Crippen LogP contribution < -0.4 is 5.23 Å². The van der Waals surface area contributed by atoms with E-state index in [0.717, 1.165) is 13.0 Å². The molecular formula is C3H6BN2. The Morgan fingerprint density at radius 3 is 3.00 bits per heavy atom. The highest BCUT2D eigenvalue weighted by Crippen LogP contribution is 1.74. The summed E-state index contributed by atoms with van der Waals surface area (Å²) >= 11 is 0. The molecule has 0 aromatic rings. The van der Waals surface area contributed by atoms with Gasteiger partial charge in [-0.1, -0.05) is 0 Å². The second-order valence-electron chi connectivity index (χ2n) is 1.20.